The minimum atomic E-state index is -0.227. The summed E-state index contributed by atoms with van der Waals surface area (Å²) in [7, 11) is 0. The number of hydrogen-bond donors (Lipinski definition) is 1. The Labute approximate surface area is 111 Å². The normalized spacial score (nSPS) is 13.2. The van der Waals surface area contributed by atoms with E-state index in [-0.39, 0.29) is 5.91 Å². The van der Waals surface area contributed by atoms with Crippen LogP contribution in [0.2, 0.25) is 0 Å². The fourth-order valence-electron chi connectivity index (χ4n) is 2.29. The summed E-state index contributed by atoms with van der Waals surface area (Å²) < 4.78 is 5.10. The molecule has 1 aromatic carbocycles. The maximum absolute atomic E-state index is 11.9. The van der Waals surface area contributed by atoms with E-state index < -0.39 is 0 Å². The van der Waals surface area contributed by atoms with E-state index in [2.05, 4.69) is 22.7 Å². The lowest BCUT2D eigenvalue weighted by Gasteiger charge is -1.99. The largest absolute Gasteiger partial charge is 0.469 e. The summed E-state index contributed by atoms with van der Waals surface area (Å²) in [4.78, 5) is 11.9. The predicted octanol–water partition coefficient (Wildman–Crippen LogP) is 2.47. The number of furan rings is 1. The van der Waals surface area contributed by atoms with Crippen LogP contribution in [0.4, 0.5) is 0 Å². The molecule has 1 aliphatic rings. The highest BCUT2D eigenvalue weighted by Gasteiger charge is 2.17. The monoisotopic (exact) mass is 254 g/mol. The van der Waals surface area contributed by atoms with Crippen molar-refractivity contribution in [2.75, 3.05) is 0 Å². The summed E-state index contributed by atoms with van der Waals surface area (Å²) in [6, 6.07) is 9.89. The molecule has 2 aromatic rings. The highest BCUT2D eigenvalue weighted by atomic mass is 16.3. The second-order valence-electron chi connectivity index (χ2n) is 4.63. The third-order valence-electron chi connectivity index (χ3n) is 3.33. The molecule has 0 aliphatic heterocycles. The molecule has 0 saturated carbocycles. The van der Waals surface area contributed by atoms with Crippen LogP contribution in [0.5, 0.6) is 0 Å². The molecule has 1 heterocycles. The number of carbonyl (C=O) groups excluding carboxylic acids is 1. The van der Waals surface area contributed by atoms with Gasteiger partial charge in [-0.25, -0.2) is 5.43 Å². The predicted molar refractivity (Wildman–Crippen MR) is 72.2 cm³/mol. The van der Waals surface area contributed by atoms with Gasteiger partial charge >= 0.3 is 0 Å². The van der Waals surface area contributed by atoms with E-state index >= 15 is 0 Å². The molecule has 0 spiro atoms. The van der Waals surface area contributed by atoms with Crippen LogP contribution >= 0.6 is 0 Å². The fraction of sp³-hybridized carbons (Fsp3) is 0.200. The van der Waals surface area contributed by atoms with Gasteiger partial charge in [0.05, 0.1) is 11.8 Å². The number of nitrogens with one attached hydrogen (secondary N) is 1. The van der Waals surface area contributed by atoms with E-state index in [4.69, 9.17) is 4.42 Å². The van der Waals surface area contributed by atoms with E-state index in [9.17, 15) is 4.79 Å². The highest BCUT2D eigenvalue weighted by molar-refractivity contribution is 5.97. The van der Waals surface area contributed by atoms with Crippen molar-refractivity contribution >= 4 is 11.6 Å². The van der Waals surface area contributed by atoms with Gasteiger partial charge in [-0.15, -0.1) is 0 Å². The van der Waals surface area contributed by atoms with Crippen LogP contribution in [0.3, 0.4) is 0 Å². The zero-order valence-electron chi connectivity index (χ0n) is 10.6. The molecule has 1 amide bonds. The van der Waals surface area contributed by atoms with Gasteiger partial charge in [0, 0.05) is 18.6 Å². The van der Waals surface area contributed by atoms with Crippen molar-refractivity contribution in [2.24, 2.45) is 5.10 Å². The van der Waals surface area contributed by atoms with E-state index in [0.29, 0.717) is 11.3 Å². The molecule has 19 heavy (non-hydrogen) atoms. The summed E-state index contributed by atoms with van der Waals surface area (Å²) in [5, 5.41) is 4.21. The molecule has 1 aliphatic carbocycles. The average Bonchev–Trinajstić information content (AvgIpc) is 3.01. The fourth-order valence-corrected chi connectivity index (χ4v) is 2.29. The van der Waals surface area contributed by atoms with E-state index in [1.165, 1.54) is 17.4 Å². The van der Waals surface area contributed by atoms with Crippen LogP contribution in [-0.4, -0.2) is 11.6 Å². The Balaban J connectivity index is 1.69. The van der Waals surface area contributed by atoms with Crippen molar-refractivity contribution in [1.29, 1.82) is 0 Å². The minimum absolute atomic E-state index is 0.227. The first-order valence-corrected chi connectivity index (χ1v) is 6.20. The van der Waals surface area contributed by atoms with Gasteiger partial charge in [0.2, 0.25) is 0 Å². The van der Waals surface area contributed by atoms with Crippen LogP contribution in [0, 0.1) is 6.92 Å². The van der Waals surface area contributed by atoms with Gasteiger partial charge in [-0.3, -0.25) is 4.79 Å². The molecule has 0 radical (unpaired) electrons. The number of nitrogens with zero attached hydrogens (tertiary/aromatic N) is 1. The molecule has 96 valence electrons. The molecule has 0 bridgehead atoms. The second kappa shape index (κ2) is 4.72. The molecule has 1 aromatic heterocycles. The summed E-state index contributed by atoms with van der Waals surface area (Å²) in [6.45, 7) is 1.76. The van der Waals surface area contributed by atoms with Gasteiger partial charge in [-0.05, 0) is 24.1 Å². The molecular formula is C15H14N2O2. The zero-order chi connectivity index (χ0) is 13.2. The van der Waals surface area contributed by atoms with Crippen molar-refractivity contribution in [3.8, 4) is 0 Å². The van der Waals surface area contributed by atoms with Crippen molar-refractivity contribution in [1.82, 2.24) is 5.43 Å². The number of benzene rings is 1. The van der Waals surface area contributed by atoms with E-state index in [0.717, 1.165) is 18.6 Å². The first-order chi connectivity index (χ1) is 9.24. The van der Waals surface area contributed by atoms with Gasteiger partial charge in [0.25, 0.3) is 5.91 Å². The van der Waals surface area contributed by atoms with E-state index in [1.807, 2.05) is 12.1 Å². The number of hydrogen-bond acceptors (Lipinski definition) is 3. The first kappa shape index (κ1) is 11.7. The molecule has 4 heteroatoms. The summed E-state index contributed by atoms with van der Waals surface area (Å²) in [5.74, 6) is 0.377. The average molecular weight is 254 g/mol. The number of amides is 1. The minimum Gasteiger partial charge on any atom is -0.469 e. The molecule has 0 atom stereocenters. The zero-order valence-corrected chi connectivity index (χ0v) is 10.6. The molecule has 1 N–H and O–H groups in total. The Bertz CT molecular complexity index is 629. The Hall–Kier alpha value is -2.36. The molecule has 0 unspecified atom stereocenters. The van der Waals surface area contributed by atoms with Crippen LogP contribution in [-0.2, 0) is 12.8 Å². The highest BCUT2D eigenvalue weighted by Crippen LogP contribution is 2.19. The lowest BCUT2D eigenvalue weighted by Crippen LogP contribution is -2.20. The van der Waals surface area contributed by atoms with Crippen molar-refractivity contribution in [3.05, 3.63) is 59.0 Å². The topological polar surface area (TPSA) is 54.6 Å². The van der Waals surface area contributed by atoms with Gasteiger partial charge in [-0.2, -0.15) is 5.10 Å². The summed E-state index contributed by atoms with van der Waals surface area (Å²) in [5.41, 5.74) is 6.68. The molecule has 3 rings (SSSR count). The SMILES string of the molecule is Cc1occc1C(=O)NN=C1Cc2ccccc2C1. The first-order valence-electron chi connectivity index (χ1n) is 6.20. The number of aryl methyl sites for hydroxylation is 1. The van der Waals surface area contributed by atoms with Gasteiger partial charge in [0.15, 0.2) is 0 Å². The quantitative estimate of drug-likeness (QED) is 0.837. The lowest BCUT2D eigenvalue weighted by molar-refractivity contribution is 0.0953. The second-order valence-corrected chi connectivity index (χ2v) is 4.63. The maximum atomic E-state index is 11.9. The third-order valence-corrected chi connectivity index (χ3v) is 3.33. The Morgan fingerprint density at radius 3 is 2.47 bits per heavy atom. The van der Waals surface area contributed by atoms with Gasteiger partial charge in [-0.1, -0.05) is 24.3 Å². The summed E-state index contributed by atoms with van der Waals surface area (Å²) >= 11 is 0. The third kappa shape index (κ3) is 2.29. The molecule has 0 saturated heterocycles. The Morgan fingerprint density at radius 2 is 1.89 bits per heavy atom. The van der Waals surface area contributed by atoms with Crippen LogP contribution < -0.4 is 5.43 Å². The summed E-state index contributed by atoms with van der Waals surface area (Å²) in [6.07, 6.45) is 3.12. The standard InChI is InChI=1S/C15H14N2O2/c1-10-14(6-7-19-10)15(18)17-16-13-8-11-4-2-3-5-12(11)9-13/h2-7H,8-9H2,1H3,(H,17,18). The van der Waals surface area contributed by atoms with Crippen LogP contribution in [0.15, 0.2) is 46.1 Å². The number of fused-ring (bicyclic) bond motifs is 1. The Morgan fingerprint density at radius 1 is 1.21 bits per heavy atom. The van der Waals surface area contributed by atoms with Crippen molar-refractivity contribution in [3.63, 3.8) is 0 Å². The number of rotatable bonds is 2. The Kier molecular flexibility index (Phi) is 2.91. The molecule has 4 nitrogen and oxygen atoms in total. The van der Waals surface area contributed by atoms with Gasteiger partial charge < -0.3 is 4.42 Å². The van der Waals surface area contributed by atoms with Crippen LogP contribution in [0.1, 0.15) is 27.2 Å². The number of hydrazone groups is 1. The van der Waals surface area contributed by atoms with Crippen LogP contribution in [0.25, 0.3) is 0 Å². The van der Waals surface area contributed by atoms with Crippen molar-refractivity contribution in [2.45, 2.75) is 19.8 Å². The number of carbonyl (C=O) groups is 1. The van der Waals surface area contributed by atoms with E-state index in [1.54, 1.807) is 13.0 Å². The van der Waals surface area contributed by atoms with Gasteiger partial charge in [0.1, 0.15) is 5.76 Å². The molecule has 0 fully saturated rings. The smallest absolute Gasteiger partial charge is 0.274 e. The maximum Gasteiger partial charge on any atom is 0.274 e. The molecular weight excluding hydrogens is 240 g/mol. The van der Waals surface area contributed by atoms with Crippen molar-refractivity contribution < 1.29 is 9.21 Å². The lowest BCUT2D eigenvalue weighted by atomic mass is 10.1.